The smallest absolute Gasteiger partial charge is 0.259 e. The Morgan fingerprint density at radius 1 is 1.25 bits per heavy atom. The quantitative estimate of drug-likeness (QED) is 0.381. The van der Waals surface area contributed by atoms with Gasteiger partial charge in [-0.25, -0.2) is 9.50 Å². The van der Waals surface area contributed by atoms with E-state index in [0.29, 0.717) is 10.7 Å². The zero-order valence-electron chi connectivity index (χ0n) is 17.4. The molecule has 0 aliphatic rings. The molecule has 2 aromatic carbocycles. The maximum absolute atomic E-state index is 13.2. The molecule has 3 aromatic heterocycles. The minimum Gasteiger partial charge on any atom is -0.381 e. The number of rotatable bonds is 4. The molecule has 3 heterocycles. The molecule has 1 unspecified atom stereocenters. The zero-order chi connectivity index (χ0) is 22.4. The van der Waals surface area contributed by atoms with Gasteiger partial charge in [-0.2, -0.15) is 5.10 Å². The van der Waals surface area contributed by atoms with E-state index in [1.165, 1.54) is 4.52 Å². The number of anilines is 1. The van der Waals surface area contributed by atoms with Crippen LogP contribution >= 0.6 is 11.6 Å². The molecule has 8 nitrogen and oxygen atoms in total. The van der Waals surface area contributed by atoms with Crippen molar-refractivity contribution in [1.82, 2.24) is 30.1 Å². The van der Waals surface area contributed by atoms with Crippen molar-refractivity contribution >= 4 is 39.9 Å². The number of hydrogen-bond donors (Lipinski definition) is 3. The van der Waals surface area contributed by atoms with Crippen LogP contribution in [0.25, 0.3) is 27.7 Å². The number of amides is 1. The van der Waals surface area contributed by atoms with E-state index < -0.39 is 0 Å². The Morgan fingerprint density at radius 2 is 2.03 bits per heavy atom. The molecule has 0 bridgehead atoms. The lowest BCUT2D eigenvalue weighted by atomic mass is 9.92. The largest absolute Gasteiger partial charge is 0.381 e. The van der Waals surface area contributed by atoms with E-state index in [1.54, 1.807) is 18.5 Å². The summed E-state index contributed by atoms with van der Waals surface area (Å²) in [6.45, 7) is 3.81. The number of nitrogens with one attached hydrogen (secondary N) is 2. The molecule has 5 rings (SSSR count). The first-order chi connectivity index (χ1) is 15.5. The molecule has 5 aromatic rings. The number of fused-ring (bicyclic) bond motifs is 2. The van der Waals surface area contributed by atoms with Gasteiger partial charge in [-0.1, -0.05) is 41.9 Å². The summed E-state index contributed by atoms with van der Waals surface area (Å²) < 4.78 is 1.49. The second-order valence-corrected chi connectivity index (χ2v) is 8.00. The number of nitrogens with zero attached hydrogens (tertiary/aromatic N) is 4. The fourth-order valence-corrected chi connectivity index (χ4v) is 4.41. The van der Waals surface area contributed by atoms with Crippen LogP contribution in [-0.2, 0) is 0 Å². The van der Waals surface area contributed by atoms with E-state index >= 15 is 0 Å². The first-order valence-electron chi connectivity index (χ1n) is 10.1. The van der Waals surface area contributed by atoms with Crippen molar-refractivity contribution < 1.29 is 4.79 Å². The normalized spacial score (nSPS) is 12.3. The van der Waals surface area contributed by atoms with E-state index in [4.69, 9.17) is 17.3 Å². The SMILES string of the molecule is Cc1n[nH]c2c(-c3ccccc3)c(C(C)NC(=O)c3c(N)nn4cccnc34)cc(Cl)c12. The van der Waals surface area contributed by atoms with E-state index in [-0.39, 0.29) is 23.3 Å². The maximum atomic E-state index is 13.2. The van der Waals surface area contributed by atoms with Crippen LogP contribution in [0.15, 0.2) is 54.9 Å². The van der Waals surface area contributed by atoms with Crippen LogP contribution in [0.5, 0.6) is 0 Å². The standard InChI is InChI=1S/C23H20ClN7O/c1-12(27-23(32)19-21(25)30-31-10-6-9-26-22(19)31)15-11-16(24)17-13(2)28-29-20(17)18(15)14-7-4-3-5-8-14/h3-12H,1-2H3,(H2,25,30)(H,27,32)(H,28,29). The van der Waals surface area contributed by atoms with Crippen LogP contribution in [0.1, 0.15) is 34.6 Å². The van der Waals surface area contributed by atoms with Crippen LogP contribution in [0.3, 0.4) is 0 Å². The highest BCUT2D eigenvalue weighted by molar-refractivity contribution is 6.36. The van der Waals surface area contributed by atoms with E-state index in [0.717, 1.165) is 33.3 Å². The highest BCUT2D eigenvalue weighted by Gasteiger charge is 2.24. The van der Waals surface area contributed by atoms with Crippen LogP contribution in [0.4, 0.5) is 5.82 Å². The molecular weight excluding hydrogens is 426 g/mol. The van der Waals surface area contributed by atoms with Gasteiger partial charge in [-0.3, -0.25) is 9.89 Å². The Bertz CT molecular complexity index is 1470. The van der Waals surface area contributed by atoms with Crippen LogP contribution in [0, 0.1) is 6.92 Å². The summed E-state index contributed by atoms with van der Waals surface area (Å²) in [5.74, 6) is -0.242. The average molecular weight is 446 g/mol. The lowest BCUT2D eigenvalue weighted by molar-refractivity contribution is 0.0942. The van der Waals surface area contributed by atoms with Crippen LogP contribution in [0.2, 0.25) is 5.02 Å². The third-order valence-corrected chi connectivity index (χ3v) is 5.83. The molecule has 0 saturated heterocycles. The van der Waals surface area contributed by atoms with Gasteiger partial charge in [-0.05, 0) is 37.1 Å². The minimum absolute atomic E-state index is 0.120. The Balaban J connectivity index is 1.61. The third kappa shape index (κ3) is 3.16. The minimum atomic E-state index is -0.388. The summed E-state index contributed by atoms with van der Waals surface area (Å²) in [6, 6.07) is 13.2. The van der Waals surface area contributed by atoms with Crippen molar-refractivity contribution in [2.45, 2.75) is 19.9 Å². The number of benzene rings is 2. The monoisotopic (exact) mass is 445 g/mol. The second kappa shape index (κ2) is 7.65. The number of nitrogens with two attached hydrogens (primary N) is 1. The van der Waals surface area contributed by atoms with Crippen molar-refractivity contribution in [1.29, 1.82) is 0 Å². The van der Waals surface area contributed by atoms with Crippen LogP contribution in [-0.4, -0.2) is 30.7 Å². The molecule has 0 aliphatic heterocycles. The first-order valence-corrected chi connectivity index (χ1v) is 10.5. The van der Waals surface area contributed by atoms with Gasteiger partial charge in [0.2, 0.25) is 0 Å². The molecule has 32 heavy (non-hydrogen) atoms. The molecule has 1 amide bonds. The van der Waals surface area contributed by atoms with Crippen molar-refractivity contribution in [3.05, 3.63) is 76.7 Å². The number of nitrogen functional groups attached to an aromatic ring is 1. The number of carbonyl (C=O) groups excluding carboxylic acids is 1. The highest BCUT2D eigenvalue weighted by atomic mass is 35.5. The molecule has 0 aliphatic carbocycles. The third-order valence-electron chi connectivity index (χ3n) is 5.53. The van der Waals surface area contributed by atoms with Gasteiger partial charge < -0.3 is 11.1 Å². The van der Waals surface area contributed by atoms with Gasteiger partial charge in [0.15, 0.2) is 11.5 Å². The van der Waals surface area contributed by atoms with Gasteiger partial charge in [0.1, 0.15) is 5.56 Å². The summed E-state index contributed by atoms with van der Waals surface area (Å²) >= 11 is 6.64. The number of halogens is 1. The predicted molar refractivity (Wildman–Crippen MR) is 125 cm³/mol. The average Bonchev–Trinajstić information content (AvgIpc) is 3.33. The van der Waals surface area contributed by atoms with Crippen molar-refractivity contribution in [3.63, 3.8) is 0 Å². The highest BCUT2D eigenvalue weighted by Crippen LogP contribution is 2.39. The number of aromatic nitrogens is 5. The molecule has 0 saturated carbocycles. The zero-order valence-corrected chi connectivity index (χ0v) is 18.2. The topological polar surface area (TPSA) is 114 Å². The molecule has 0 radical (unpaired) electrons. The predicted octanol–water partition coefficient (Wildman–Crippen LogP) is 4.31. The molecule has 1 atom stereocenters. The molecule has 160 valence electrons. The lowest BCUT2D eigenvalue weighted by Crippen LogP contribution is -2.27. The Morgan fingerprint density at radius 3 is 2.81 bits per heavy atom. The summed E-state index contributed by atoms with van der Waals surface area (Å²) in [4.78, 5) is 17.4. The molecule has 0 spiro atoms. The van der Waals surface area contributed by atoms with E-state index in [2.05, 4.69) is 25.6 Å². The van der Waals surface area contributed by atoms with Crippen LogP contribution < -0.4 is 11.1 Å². The Kier molecular flexibility index (Phi) is 4.79. The lowest BCUT2D eigenvalue weighted by Gasteiger charge is -2.20. The van der Waals surface area contributed by atoms with Gasteiger partial charge >= 0.3 is 0 Å². The maximum Gasteiger partial charge on any atom is 0.259 e. The molecular formula is C23H20ClN7O. The van der Waals surface area contributed by atoms with Gasteiger partial charge in [0.05, 0.1) is 22.3 Å². The number of aromatic amines is 1. The Labute approximate surface area is 188 Å². The molecule has 4 N–H and O–H groups in total. The van der Waals surface area contributed by atoms with E-state index in [9.17, 15) is 4.79 Å². The molecule has 9 heteroatoms. The fourth-order valence-electron chi connectivity index (χ4n) is 4.06. The summed E-state index contributed by atoms with van der Waals surface area (Å²) in [5, 5.41) is 16.1. The van der Waals surface area contributed by atoms with Gasteiger partial charge in [0.25, 0.3) is 5.91 Å². The first kappa shape index (κ1) is 20.0. The summed E-state index contributed by atoms with van der Waals surface area (Å²) in [6.07, 6.45) is 3.29. The van der Waals surface area contributed by atoms with Crippen molar-refractivity contribution in [3.8, 4) is 11.1 Å². The Hall–Kier alpha value is -3.91. The number of hydrogen-bond acceptors (Lipinski definition) is 5. The fraction of sp³-hybridized carbons (Fsp3) is 0.130. The van der Waals surface area contributed by atoms with Crippen molar-refractivity contribution in [2.75, 3.05) is 5.73 Å². The molecule has 0 fully saturated rings. The number of H-pyrrole nitrogens is 1. The number of aryl methyl sites for hydroxylation is 1. The van der Waals surface area contributed by atoms with E-state index in [1.807, 2.05) is 50.2 Å². The van der Waals surface area contributed by atoms with Gasteiger partial charge in [-0.15, -0.1) is 5.10 Å². The number of carbonyl (C=O) groups is 1. The second-order valence-electron chi connectivity index (χ2n) is 7.59. The summed E-state index contributed by atoms with van der Waals surface area (Å²) in [5.41, 5.74) is 11.1. The summed E-state index contributed by atoms with van der Waals surface area (Å²) in [7, 11) is 0. The van der Waals surface area contributed by atoms with Gasteiger partial charge in [0, 0.05) is 23.3 Å². The van der Waals surface area contributed by atoms with Crippen molar-refractivity contribution in [2.24, 2.45) is 0 Å².